The molecule has 1 atom stereocenters. The van der Waals surface area contributed by atoms with Gasteiger partial charge >= 0.3 is 0 Å². The molecule has 0 spiro atoms. The van der Waals surface area contributed by atoms with Crippen molar-refractivity contribution in [1.29, 1.82) is 0 Å². The van der Waals surface area contributed by atoms with E-state index in [1.54, 1.807) is 7.05 Å². The first kappa shape index (κ1) is 16.1. The molecule has 3 N–H and O–H groups in total. The van der Waals surface area contributed by atoms with Gasteiger partial charge in [-0.2, -0.15) is 0 Å². The molecule has 6 heteroatoms. The minimum absolute atomic E-state index is 0.0249. The normalized spacial score (nSPS) is 13.2. The molecule has 0 bridgehead atoms. The highest BCUT2D eigenvalue weighted by Crippen LogP contribution is 2.15. The van der Waals surface area contributed by atoms with Crippen LogP contribution in [0.25, 0.3) is 0 Å². The molecule has 0 saturated carbocycles. The van der Waals surface area contributed by atoms with Crippen LogP contribution in [0, 0.1) is 6.92 Å². The zero-order valence-corrected chi connectivity index (χ0v) is 12.8. The van der Waals surface area contributed by atoms with Crippen LogP contribution in [0.15, 0.2) is 21.5 Å². The fraction of sp³-hybridized carbons (Fsp3) is 0.571. The molecule has 112 valence electrons. The van der Waals surface area contributed by atoms with Gasteiger partial charge in [0.1, 0.15) is 11.5 Å². The molecular formula is C14H24N4O2. The summed E-state index contributed by atoms with van der Waals surface area (Å²) < 4.78 is 5.54. The van der Waals surface area contributed by atoms with Gasteiger partial charge in [0.05, 0.1) is 12.6 Å². The van der Waals surface area contributed by atoms with Crippen LogP contribution >= 0.6 is 0 Å². The lowest BCUT2D eigenvalue weighted by Crippen LogP contribution is -2.45. The van der Waals surface area contributed by atoms with E-state index in [1.165, 1.54) is 0 Å². The van der Waals surface area contributed by atoms with Gasteiger partial charge in [0.2, 0.25) is 5.91 Å². The maximum atomic E-state index is 11.6. The Morgan fingerprint density at radius 2 is 2.00 bits per heavy atom. The highest BCUT2D eigenvalue weighted by Gasteiger charge is 2.12. The lowest BCUT2D eigenvalue weighted by atomic mass is 10.2. The summed E-state index contributed by atoms with van der Waals surface area (Å²) in [5, 5.41) is 8.95. The molecule has 1 amide bonds. The maximum absolute atomic E-state index is 11.6. The lowest BCUT2D eigenvalue weighted by Gasteiger charge is -2.16. The Labute approximate surface area is 120 Å². The van der Waals surface area contributed by atoms with Crippen molar-refractivity contribution in [2.45, 2.75) is 39.8 Å². The van der Waals surface area contributed by atoms with Gasteiger partial charge in [-0.3, -0.25) is 9.79 Å². The van der Waals surface area contributed by atoms with Crippen molar-refractivity contribution in [2.75, 3.05) is 13.6 Å². The van der Waals surface area contributed by atoms with Crippen LogP contribution in [0.4, 0.5) is 0 Å². The Kier molecular flexibility index (Phi) is 6.09. The fourth-order valence-electron chi connectivity index (χ4n) is 1.69. The van der Waals surface area contributed by atoms with Gasteiger partial charge in [0.15, 0.2) is 5.96 Å². The second-order valence-corrected chi connectivity index (χ2v) is 4.96. The van der Waals surface area contributed by atoms with Crippen molar-refractivity contribution in [1.82, 2.24) is 16.0 Å². The third kappa shape index (κ3) is 5.34. The Morgan fingerprint density at radius 3 is 2.50 bits per heavy atom. The maximum Gasteiger partial charge on any atom is 0.239 e. The number of nitrogens with one attached hydrogen (secondary N) is 3. The number of hydrogen-bond acceptors (Lipinski definition) is 3. The molecule has 0 aliphatic carbocycles. The molecule has 0 radical (unpaired) electrons. The topological polar surface area (TPSA) is 78.7 Å². The molecule has 0 aromatic carbocycles. The number of carbonyl (C=O) groups is 1. The van der Waals surface area contributed by atoms with E-state index >= 15 is 0 Å². The number of hydrogen-bond donors (Lipinski definition) is 3. The van der Waals surface area contributed by atoms with E-state index in [9.17, 15) is 4.79 Å². The van der Waals surface area contributed by atoms with Crippen LogP contribution < -0.4 is 16.0 Å². The van der Waals surface area contributed by atoms with Crippen molar-refractivity contribution >= 4 is 11.9 Å². The van der Waals surface area contributed by atoms with Crippen molar-refractivity contribution < 1.29 is 9.21 Å². The van der Waals surface area contributed by atoms with Gasteiger partial charge in [0.25, 0.3) is 0 Å². The minimum Gasteiger partial charge on any atom is -0.464 e. The number of aliphatic imine (C=N–C) groups is 1. The van der Waals surface area contributed by atoms with Crippen LogP contribution in [-0.2, 0) is 4.79 Å². The van der Waals surface area contributed by atoms with E-state index in [0.717, 1.165) is 11.5 Å². The van der Waals surface area contributed by atoms with Crippen molar-refractivity contribution in [3.63, 3.8) is 0 Å². The molecule has 1 aromatic rings. The minimum atomic E-state index is -0.0653. The number of furan rings is 1. The first-order valence-corrected chi connectivity index (χ1v) is 6.75. The molecule has 0 aliphatic rings. The molecule has 0 saturated heterocycles. The number of nitrogens with zero attached hydrogens (tertiary/aromatic N) is 1. The average Bonchev–Trinajstić information content (AvgIpc) is 2.80. The number of rotatable bonds is 5. The van der Waals surface area contributed by atoms with Crippen molar-refractivity contribution in [3.8, 4) is 0 Å². The summed E-state index contributed by atoms with van der Waals surface area (Å²) in [7, 11) is 1.66. The molecule has 1 aromatic heterocycles. The van der Waals surface area contributed by atoms with Crippen LogP contribution in [-0.4, -0.2) is 31.5 Å². The Balaban J connectivity index is 2.46. The van der Waals surface area contributed by atoms with E-state index in [4.69, 9.17) is 4.42 Å². The standard InChI is InChI=1S/C14H24N4O2/c1-9(2)17-13(19)8-16-14(15-5)18-11(4)12-7-6-10(3)20-12/h6-7,9,11H,8H2,1-5H3,(H,17,19)(H2,15,16,18). The highest BCUT2D eigenvalue weighted by molar-refractivity contribution is 5.86. The van der Waals surface area contributed by atoms with Crippen LogP contribution in [0.3, 0.4) is 0 Å². The quantitative estimate of drug-likeness (QED) is 0.562. The van der Waals surface area contributed by atoms with Gasteiger partial charge in [-0.1, -0.05) is 0 Å². The van der Waals surface area contributed by atoms with Gasteiger partial charge in [-0.25, -0.2) is 0 Å². The molecule has 1 heterocycles. The number of aryl methyl sites for hydroxylation is 1. The van der Waals surface area contributed by atoms with E-state index < -0.39 is 0 Å². The van der Waals surface area contributed by atoms with Gasteiger partial charge in [-0.15, -0.1) is 0 Å². The first-order chi connectivity index (χ1) is 9.42. The largest absolute Gasteiger partial charge is 0.464 e. The zero-order valence-electron chi connectivity index (χ0n) is 12.8. The predicted molar refractivity (Wildman–Crippen MR) is 79.6 cm³/mol. The Bertz CT molecular complexity index is 465. The summed E-state index contributed by atoms with van der Waals surface area (Å²) in [4.78, 5) is 15.6. The monoisotopic (exact) mass is 280 g/mol. The van der Waals surface area contributed by atoms with Gasteiger partial charge in [-0.05, 0) is 39.8 Å². The zero-order chi connectivity index (χ0) is 15.1. The van der Waals surface area contributed by atoms with Crippen LogP contribution in [0.5, 0.6) is 0 Å². The fourth-order valence-corrected chi connectivity index (χ4v) is 1.69. The second-order valence-electron chi connectivity index (χ2n) is 4.96. The third-order valence-corrected chi connectivity index (χ3v) is 2.63. The summed E-state index contributed by atoms with van der Waals surface area (Å²) in [6, 6.07) is 3.94. The lowest BCUT2D eigenvalue weighted by molar-refractivity contribution is -0.120. The Morgan fingerprint density at radius 1 is 1.30 bits per heavy atom. The smallest absolute Gasteiger partial charge is 0.239 e. The van der Waals surface area contributed by atoms with E-state index in [1.807, 2.05) is 39.8 Å². The SMILES string of the molecule is CN=C(NCC(=O)NC(C)C)NC(C)c1ccc(C)o1. The number of guanidine groups is 1. The van der Waals surface area contributed by atoms with E-state index in [0.29, 0.717) is 5.96 Å². The second kappa shape index (κ2) is 7.57. The molecule has 6 nitrogen and oxygen atoms in total. The summed E-state index contributed by atoms with van der Waals surface area (Å²) in [6.45, 7) is 7.90. The molecule has 20 heavy (non-hydrogen) atoms. The predicted octanol–water partition coefficient (Wildman–Crippen LogP) is 1.34. The highest BCUT2D eigenvalue weighted by atomic mass is 16.3. The first-order valence-electron chi connectivity index (χ1n) is 6.75. The van der Waals surface area contributed by atoms with E-state index in [-0.39, 0.29) is 24.5 Å². The Hall–Kier alpha value is -1.98. The van der Waals surface area contributed by atoms with Crippen molar-refractivity contribution in [2.24, 2.45) is 4.99 Å². The van der Waals surface area contributed by atoms with Crippen molar-refractivity contribution in [3.05, 3.63) is 23.7 Å². The number of amides is 1. The van der Waals surface area contributed by atoms with Crippen LogP contribution in [0.2, 0.25) is 0 Å². The average molecular weight is 280 g/mol. The van der Waals surface area contributed by atoms with Gasteiger partial charge in [0, 0.05) is 13.1 Å². The number of carbonyl (C=O) groups excluding carboxylic acids is 1. The summed E-state index contributed by atoms with van der Waals surface area (Å²) in [6.07, 6.45) is 0. The van der Waals surface area contributed by atoms with E-state index in [2.05, 4.69) is 20.9 Å². The molecular weight excluding hydrogens is 256 g/mol. The van der Waals surface area contributed by atoms with Crippen LogP contribution in [0.1, 0.15) is 38.3 Å². The molecule has 0 aliphatic heterocycles. The summed E-state index contributed by atoms with van der Waals surface area (Å²) in [5.74, 6) is 2.19. The summed E-state index contributed by atoms with van der Waals surface area (Å²) in [5.41, 5.74) is 0. The molecule has 0 fully saturated rings. The molecule has 1 rings (SSSR count). The molecule has 1 unspecified atom stereocenters. The summed E-state index contributed by atoms with van der Waals surface area (Å²) >= 11 is 0. The third-order valence-electron chi connectivity index (χ3n) is 2.63. The van der Waals surface area contributed by atoms with Gasteiger partial charge < -0.3 is 20.4 Å².